The summed E-state index contributed by atoms with van der Waals surface area (Å²) in [4.78, 5) is 0. The van der Waals surface area contributed by atoms with Gasteiger partial charge in [0.15, 0.2) is 0 Å². The largest absolute Gasteiger partial charge is 0.229 e. The van der Waals surface area contributed by atoms with Crippen molar-refractivity contribution in [1.29, 1.82) is 0 Å². The van der Waals surface area contributed by atoms with E-state index < -0.39 is 0 Å². The number of hydrogen-bond acceptors (Lipinski definition) is 3. The van der Waals surface area contributed by atoms with Crippen LogP contribution in [-0.4, -0.2) is 20.2 Å². The Morgan fingerprint density at radius 3 is 2.18 bits per heavy atom. The molecule has 4 fully saturated rings. The molecule has 0 aliphatic heterocycles. The van der Waals surface area contributed by atoms with E-state index in [1.54, 1.807) is 6.33 Å². The van der Waals surface area contributed by atoms with E-state index >= 15 is 0 Å². The predicted molar refractivity (Wildman–Crippen MR) is 63.1 cm³/mol. The summed E-state index contributed by atoms with van der Waals surface area (Å²) in [6, 6.07) is 0.478. The molecule has 1 aromatic heterocycles. The van der Waals surface area contributed by atoms with Crippen LogP contribution >= 0.6 is 0 Å². The Morgan fingerprint density at radius 1 is 1.12 bits per heavy atom. The number of rotatable bonds is 2. The molecule has 4 aliphatic carbocycles. The van der Waals surface area contributed by atoms with E-state index in [1.807, 2.05) is 4.68 Å². The quantitative estimate of drug-likeness (QED) is 0.786. The van der Waals surface area contributed by atoms with Gasteiger partial charge in [-0.1, -0.05) is 0 Å². The van der Waals surface area contributed by atoms with Crippen molar-refractivity contribution in [3.8, 4) is 0 Å². The van der Waals surface area contributed by atoms with Crippen LogP contribution in [0, 0.1) is 23.2 Å². The molecule has 0 saturated heterocycles. The average Bonchev–Trinajstić information content (AvgIpc) is 2.79. The molecule has 5 rings (SSSR count). The first-order chi connectivity index (χ1) is 8.25. The first-order valence-electron chi connectivity index (χ1n) is 6.98. The normalized spacial score (nSPS) is 45.1. The topological polar surface area (TPSA) is 43.6 Å². The van der Waals surface area contributed by atoms with Gasteiger partial charge in [0, 0.05) is 0 Å². The van der Waals surface area contributed by atoms with Gasteiger partial charge in [0.1, 0.15) is 6.33 Å². The number of tetrazole rings is 1. The lowest BCUT2D eigenvalue weighted by atomic mass is 9.48. The molecule has 0 unspecified atom stereocenters. The Balaban J connectivity index is 1.68. The summed E-state index contributed by atoms with van der Waals surface area (Å²) in [5.41, 5.74) is 0.504. The van der Waals surface area contributed by atoms with Crippen molar-refractivity contribution in [1.82, 2.24) is 20.2 Å². The van der Waals surface area contributed by atoms with E-state index in [2.05, 4.69) is 22.4 Å². The van der Waals surface area contributed by atoms with E-state index in [0.717, 1.165) is 17.8 Å². The third-order valence-electron chi connectivity index (χ3n) is 5.73. The van der Waals surface area contributed by atoms with E-state index in [-0.39, 0.29) is 0 Å². The summed E-state index contributed by atoms with van der Waals surface area (Å²) in [5.74, 6) is 3.00. The Bertz CT molecular complexity index is 376. The van der Waals surface area contributed by atoms with Gasteiger partial charge >= 0.3 is 0 Å². The molecule has 0 aromatic carbocycles. The van der Waals surface area contributed by atoms with Crippen LogP contribution in [0.15, 0.2) is 6.33 Å². The Hall–Kier alpha value is -0.930. The van der Waals surface area contributed by atoms with Gasteiger partial charge < -0.3 is 0 Å². The fraction of sp³-hybridized carbons (Fsp3) is 0.923. The Kier molecular flexibility index (Phi) is 1.95. The molecule has 1 aromatic rings. The molecule has 92 valence electrons. The fourth-order valence-electron chi connectivity index (χ4n) is 5.32. The molecule has 0 N–H and O–H groups in total. The van der Waals surface area contributed by atoms with Crippen molar-refractivity contribution in [3.05, 3.63) is 6.33 Å². The van der Waals surface area contributed by atoms with Crippen LogP contribution < -0.4 is 0 Å². The average molecular weight is 232 g/mol. The van der Waals surface area contributed by atoms with Crippen molar-refractivity contribution in [2.45, 2.75) is 51.5 Å². The minimum absolute atomic E-state index is 0.478. The van der Waals surface area contributed by atoms with Crippen LogP contribution in [0.4, 0.5) is 0 Å². The van der Waals surface area contributed by atoms with Gasteiger partial charge in [-0.15, -0.1) is 5.10 Å². The van der Waals surface area contributed by atoms with Crippen molar-refractivity contribution < 1.29 is 0 Å². The molecule has 17 heavy (non-hydrogen) atoms. The maximum absolute atomic E-state index is 4.13. The minimum Gasteiger partial charge on any atom is -0.229 e. The molecule has 4 heteroatoms. The van der Waals surface area contributed by atoms with E-state index in [4.69, 9.17) is 0 Å². The van der Waals surface area contributed by atoms with E-state index in [1.165, 1.54) is 38.5 Å². The minimum atomic E-state index is 0.478. The second-order valence-corrected chi connectivity index (χ2v) is 6.75. The third-order valence-corrected chi connectivity index (χ3v) is 5.73. The van der Waals surface area contributed by atoms with Crippen molar-refractivity contribution in [2.24, 2.45) is 23.2 Å². The molecule has 0 spiro atoms. The second-order valence-electron chi connectivity index (χ2n) is 6.75. The number of nitrogens with zero attached hydrogens (tertiary/aromatic N) is 4. The zero-order chi connectivity index (χ0) is 11.5. The highest BCUT2D eigenvalue weighted by Gasteiger charge is 2.53. The Morgan fingerprint density at radius 2 is 1.71 bits per heavy atom. The van der Waals surface area contributed by atoms with Crippen LogP contribution in [0.25, 0.3) is 0 Å². The molecule has 1 heterocycles. The molecule has 0 amide bonds. The van der Waals surface area contributed by atoms with E-state index in [9.17, 15) is 0 Å². The lowest BCUT2D eigenvalue weighted by molar-refractivity contribution is -0.0813. The fourth-order valence-corrected chi connectivity index (χ4v) is 5.32. The van der Waals surface area contributed by atoms with Crippen LogP contribution in [0.5, 0.6) is 0 Å². The summed E-state index contributed by atoms with van der Waals surface area (Å²) in [7, 11) is 0. The third kappa shape index (κ3) is 1.39. The summed E-state index contributed by atoms with van der Waals surface area (Å²) in [6.07, 6.45) is 10.5. The SMILES string of the molecule is C[C@@H](n1cnnn1)C12CC3CC(CC(C3)C1)C2. The molecule has 4 bridgehead atoms. The van der Waals surface area contributed by atoms with Gasteiger partial charge in [-0.05, 0) is 79.0 Å². The molecule has 0 radical (unpaired) electrons. The molecule has 1 atom stereocenters. The van der Waals surface area contributed by atoms with E-state index in [0.29, 0.717) is 11.5 Å². The Labute approximate surface area is 102 Å². The van der Waals surface area contributed by atoms with Crippen LogP contribution in [0.1, 0.15) is 51.5 Å². The standard InChI is InChI=1S/C13H20N4/c1-9(17-8-14-15-16-17)13-5-10-2-11(6-13)4-12(3-10)7-13/h8-12H,2-7H2,1H3/t9-,10?,11?,12?,13?/m1/s1. The van der Waals surface area contributed by atoms with Gasteiger partial charge in [-0.3, -0.25) is 0 Å². The zero-order valence-corrected chi connectivity index (χ0v) is 10.4. The maximum atomic E-state index is 4.13. The van der Waals surface area contributed by atoms with Gasteiger partial charge in [0.2, 0.25) is 0 Å². The van der Waals surface area contributed by atoms with Crippen LogP contribution in [0.2, 0.25) is 0 Å². The summed E-state index contributed by atoms with van der Waals surface area (Å²) < 4.78 is 1.99. The highest BCUT2D eigenvalue weighted by Crippen LogP contribution is 2.63. The summed E-state index contributed by atoms with van der Waals surface area (Å²) >= 11 is 0. The maximum Gasteiger partial charge on any atom is 0.138 e. The first kappa shape index (κ1) is 10.0. The van der Waals surface area contributed by atoms with Gasteiger partial charge in [-0.2, -0.15) is 0 Å². The summed E-state index contributed by atoms with van der Waals surface area (Å²) in [5, 5.41) is 11.7. The molecular formula is C13H20N4. The van der Waals surface area contributed by atoms with Crippen molar-refractivity contribution in [3.63, 3.8) is 0 Å². The second kappa shape index (κ2) is 3.30. The van der Waals surface area contributed by atoms with Gasteiger partial charge in [0.05, 0.1) is 6.04 Å². The van der Waals surface area contributed by atoms with Gasteiger partial charge in [-0.25, -0.2) is 4.68 Å². The highest BCUT2D eigenvalue weighted by atomic mass is 15.5. The lowest BCUT2D eigenvalue weighted by Gasteiger charge is -2.58. The monoisotopic (exact) mass is 232 g/mol. The van der Waals surface area contributed by atoms with Crippen LogP contribution in [-0.2, 0) is 0 Å². The number of aromatic nitrogens is 4. The molecular weight excluding hydrogens is 212 g/mol. The van der Waals surface area contributed by atoms with Gasteiger partial charge in [0.25, 0.3) is 0 Å². The van der Waals surface area contributed by atoms with Crippen molar-refractivity contribution in [2.75, 3.05) is 0 Å². The predicted octanol–water partition coefficient (Wildman–Crippen LogP) is 2.45. The highest BCUT2D eigenvalue weighted by molar-refractivity contribution is 5.04. The molecule has 4 nitrogen and oxygen atoms in total. The smallest absolute Gasteiger partial charge is 0.138 e. The van der Waals surface area contributed by atoms with Crippen molar-refractivity contribution >= 4 is 0 Å². The number of hydrogen-bond donors (Lipinski definition) is 0. The van der Waals surface area contributed by atoms with Crippen LogP contribution in [0.3, 0.4) is 0 Å². The molecule has 4 saturated carbocycles. The molecule has 4 aliphatic rings. The lowest BCUT2D eigenvalue weighted by Crippen LogP contribution is -2.49. The first-order valence-corrected chi connectivity index (χ1v) is 6.98. The summed E-state index contributed by atoms with van der Waals surface area (Å²) in [6.45, 7) is 2.32. The zero-order valence-electron chi connectivity index (χ0n) is 10.4.